The number of imidazole rings is 1. The highest BCUT2D eigenvalue weighted by atomic mass is 35.5. The molecule has 3 aromatic carbocycles. The van der Waals surface area contributed by atoms with Crippen LogP contribution in [0.5, 0.6) is 5.75 Å². The maximum absolute atomic E-state index is 12.6. The number of hydrogen-bond acceptors (Lipinski definition) is 3. The van der Waals surface area contributed by atoms with Gasteiger partial charge in [-0.05, 0) is 42.0 Å². The lowest BCUT2D eigenvalue weighted by Gasteiger charge is -2.19. The zero-order valence-electron chi connectivity index (χ0n) is 19.8. The summed E-state index contributed by atoms with van der Waals surface area (Å²) in [6.45, 7) is 0.832. The number of benzene rings is 3. The van der Waals surface area contributed by atoms with Crippen molar-refractivity contribution >= 4 is 58.0 Å². The summed E-state index contributed by atoms with van der Waals surface area (Å²) >= 11 is 25.0. The largest absolute Gasteiger partial charge is 0.497 e. The fraction of sp³-hybridized carbons (Fsp3) is 0.185. The average Bonchev–Trinajstić information content (AvgIpc) is 3.29. The van der Waals surface area contributed by atoms with E-state index in [1.165, 1.54) is 0 Å². The van der Waals surface area contributed by atoms with Gasteiger partial charge in [0, 0.05) is 37.4 Å². The minimum atomic E-state index is -0.414. The van der Waals surface area contributed by atoms with Gasteiger partial charge in [-0.1, -0.05) is 64.6 Å². The van der Waals surface area contributed by atoms with Gasteiger partial charge in [0.15, 0.2) is 6.54 Å². The summed E-state index contributed by atoms with van der Waals surface area (Å²) in [6, 6.07) is 17.8. The Kier molecular flexibility index (Phi) is 9.35. The lowest BCUT2D eigenvalue weighted by Crippen LogP contribution is -2.38. The zero-order chi connectivity index (χ0) is 26.4. The molecule has 0 radical (unpaired) electrons. The van der Waals surface area contributed by atoms with Gasteiger partial charge in [-0.15, -0.1) is 0 Å². The Balaban J connectivity index is 1.46. The maximum Gasteiger partial charge on any atom is 0.266 e. The number of carbonyl (C=O) groups is 1. The minimum Gasteiger partial charge on any atom is -0.497 e. The molecule has 192 valence electrons. The Morgan fingerprint density at radius 1 is 1.00 bits per heavy atom. The van der Waals surface area contributed by atoms with Gasteiger partial charge >= 0.3 is 0 Å². The normalized spacial score (nSPS) is 11.8. The van der Waals surface area contributed by atoms with Crippen molar-refractivity contribution in [2.75, 3.05) is 12.4 Å². The van der Waals surface area contributed by atoms with Crippen molar-refractivity contribution in [3.8, 4) is 5.75 Å². The number of hydrogen-bond donors (Lipinski definition) is 1. The maximum atomic E-state index is 12.6. The first-order valence-corrected chi connectivity index (χ1v) is 12.8. The quantitative estimate of drug-likeness (QED) is 0.206. The number of nitrogens with zero attached hydrogens (tertiary/aromatic N) is 2. The molecule has 0 aliphatic rings. The molecule has 0 aliphatic heterocycles. The summed E-state index contributed by atoms with van der Waals surface area (Å²) in [6.07, 6.45) is 5.11. The Morgan fingerprint density at radius 2 is 1.76 bits per heavy atom. The van der Waals surface area contributed by atoms with Crippen molar-refractivity contribution in [2.24, 2.45) is 0 Å². The summed E-state index contributed by atoms with van der Waals surface area (Å²) in [7, 11) is 1.58. The average molecular weight is 580 g/mol. The first-order chi connectivity index (χ1) is 17.8. The number of ether oxygens (including phenoxy) is 2. The van der Waals surface area contributed by atoms with Crippen LogP contribution in [0.2, 0.25) is 20.1 Å². The van der Waals surface area contributed by atoms with E-state index >= 15 is 0 Å². The molecule has 6 nitrogen and oxygen atoms in total. The van der Waals surface area contributed by atoms with Crippen molar-refractivity contribution < 1.29 is 18.8 Å². The van der Waals surface area contributed by atoms with Gasteiger partial charge in [-0.2, -0.15) is 0 Å². The lowest BCUT2D eigenvalue weighted by molar-refractivity contribution is -0.683. The highest BCUT2D eigenvalue weighted by molar-refractivity contribution is 6.35. The first kappa shape index (κ1) is 27.3. The van der Waals surface area contributed by atoms with E-state index in [0.29, 0.717) is 38.1 Å². The highest BCUT2D eigenvalue weighted by Crippen LogP contribution is 2.31. The second-order valence-corrected chi connectivity index (χ2v) is 9.95. The van der Waals surface area contributed by atoms with Crippen LogP contribution in [0.3, 0.4) is 0 Å². The van der Waals surface area contributed by atoms with Gasteiger partial charge in [0.1, 0.15) is 30.8 Å². The van der Waals surface area contributed by atoms with Gasteiger partial charge in [0.05, 0.1) is 13.7 Å². The van der Waals surface area contributed by atoms with E-state index in [1.807, 2.05) is 47.6 Å². The van der Waals surface area contributed by atoms with Crippen LogP contribution in [0.25, 0.3) is 0 Å². The summed E-state index contributed by atoms with van der Waals surface area (Å²) in [5.74, 6) is 0.505. The van der Waals surface area contributed by atoms with Crippen LogP contribution in [0, 0.1) is 0 Å². The molecule has 0 saturated heterocycles. The molecule has 0 aliphatic carbocycles. The fourth-order valence-corrected chi connectivity index (χ4v) is 4.72. The first-order valence-electron chi connectivity index (χ1n) is 11.3. The molecule has 4 aromatic rings. The predicted molar refractivity (Wildman–Crippen MR) is 147 cm³/mol. The topological polar surface area (TPSA) is 56.4 Å². The van der Waals surface area contributed by atoms with Crippen LogP contribution in [0.15, 0.2) is 79.4 Å². The molecule has 1 amide bonds. The SMILES string of the molecule is COc1cccc(NC(=O)C[n+]2ccn(CC(OCc3ccc(Cl)cc3Cl)c3ccc(Cl)cc3Cl)c2)c1. The molecule has 0 bridgehead atoms. The summed E-state index contributed by atoms with van der Waals surface area (Å²) in [4.78, 5) is 12.6. The predicted octanol–water partition coefficient (Wildman–Crippen LogP) is 6.99. The van der Waals surface area contributed by atoms with Gasteiger partial charge in [0.25, 0.3) is 5.91 Å². The molecular formula is C27H24Cl4N3O3+. The van der Waals surface area contributed by atoms with Crippen molar-refractivity contribution in [3.05, 3.63) is 111 Å². The second-order valence-electron chi connectivity index (χ2n) is 8.26. The molecule has 4 rings (SSSR count). The zero-order valence-corrected chi connectivity index (χ0v) is 22.9. The molecule has 1 unspecified atom stereocenters. The highest BCUT2D eigenvalue weighted by Gasteiger charge is 2.21. The molecule has 1 N–H and O–H groups in total. The van der Waals surface area contributed by atoms with E-state index in [-0.39, 0.29) is 19.1 Å². The smallest absolute Gasteiger partial charge is 0.266 e. The van der Waals surface area contributed by atoms with Crippen LogP contribution >= 0.6 is 46.4 Å². The van der Waals surface area contributed by atoms with Gasteiger partial charge in [-0.3, -0.25) is 4.79 Å². The van der Waals surface area contributed by atoms with Crippen LogP contribution in [-0.2, 0) is 29.2 Å². The van der Waals surface area contributed by atoms with Crippen molar-refractivity contribution in [2.45, 2.75) is 25.8 Å². The summed E-state index contributed by atoms with van der Waals surface area (Å²) in [5.41, 5.74) is 2.25. The van der Waals surface area contributed by atoms with Crippen molar-refractivity contribution in [1.82, 2.24) is 4.57 Å². The number of carbonyl (C=O) groups excluding carboxylic acids is 1. The van der Waals surface area contributed by atoms with E-state index in [9.17, 15) is 4.79 Å². The van der Waals surface area contributed by atoms with Crippen LogP contribution < -0.4 is 14.6 Å². The van der Waals surface area contributed by atoms with E-state index in [2.05, 4.69) is 5.32 Å². The third-order valence-corrected chi connectivity index (χ3v) is 6.72. The van der Waals surface area contributed by atoms with Crippen LogP contribution in [0.1, 0.15) is 17.2 Å². The standard InChI is InChI=1S/C27H23Cl4N3O3/c1-36-22-4-2-3-21(13-22)32-27(35)15-34-10-9-33(17-34)14-26(23-8-7-20(29)12-25(23)31)37-16-18-5-6-19(28)11-24(18)30/h2-13,17,26H,14-16H2,1H3/p+1. The van der Waals surface area contributed by atoms with E-state index in [4.69, 9.17) is 55.9 Å². The van der Waals surface area contributed by atoms with Gasteiger partial charge in [-0.25, -0.2) is 9.13 Å². The number of methoxy groups -OCH3 is 1. The third kappa shape index (κ3) is 7.63. The molecule has 0 spiro atoms. The lowest BCUT2D eigenvalue weighted by atomic mass is 10.1. The Bertz CT molecular complexity index is 1390. The van der Waals surface area contributed by atoms with Crippen LogP contribution in [-0.4, -0.2) is 17.6 Å². The number of rotatable bonds is 10. The van der Waals surface area contributed by atoms with Gasteiger partial charge in [0.2, 0.25) is 6.33 Å². The Hall–Kier alpha value is -2.74. The van der Waals surface area contributed by atoms with Crippen LogP contribution in [0.4, 0.5) is 5.69 Å². The summed E-state index contributed by atoms with van der Waals surface area (Å²) in [5, 5.41) is 4.99. The number of aromatic nitrogens is 2. The monoisotopic (exact) mass is 578 g/mol. The van der Waals surface area contributed by atoms with E-state index in [1.54, 1.807) is 48.1 Å². The molecule has 1 aromatic heterocycles. The number of anilines is 1. The molecular weight excluding hydrogens is 556 g/mol. The second kappa shape index (κ2) is 12.7. The molecule has 1 heterocycles. The molecule has 37 heavy (non-hydrogen) atoms. The number of halogens is 4. The Labute approximate surface area is 235 Å². The minimum absolute atomic E-state index is 0.137. The number of nitrogens with one attached hydrogen (secondary N) is 1. The molecule has 10 heteroatoms. The third-order valence-electron chi connectivity index (χ3n) is 5.57. The van der Waals surface area contributed by atoms with Crippen molar-refractivity contribution in [3.63, 3.8) is 0 Å². The molecule has 0 fully saturated rings. The molecule has 0 saturated carbocycles. The Morgan fingerprint density at radius 3 is 2.49 bits per heavy atom. The van der Waals surface area contributed by atoms with E-state index in [0.717, 1.165) is 11.1 Å². The molecule has 1 atom stereocenters. The summed E-state index contributed by atoms with van der Waals surface area (Å²) < 4.78 is 15.2. The van der Waals surface area contributed by atoms with Gasteiger partial charge < -0.3 is 14.8 Å². The van der Waals surface area contributed by atoms with Crippen molar-refractivity contribution in [1.29, 1.82) is 0 Å². The number of amides is 1. The fourth-order valence-electron chi connectivity index (χ4n) is 3.73. The van der Waals surface area contributed by atoms with E-state index < -0.39 is 6.10 Å².